The van der Waals surface area contributed by atoms with E-state index in [4.69, 9.17) is 9.84 Å². The largest absolute Gasteiger partial charge is 0.478 e. The third kappa shape index (κ3) is 4.51. The van der Waals surface area contributed by atoms with Crippen molar-refractivity contribution < 1.29 is 48.5 Å². The molecule has 2 aromatic carbocycles. The normalized spacial score (nSPS) is 15.0. The van der Waals surface area contributed by atoms with Crippen molar-refractivity contribution in [1.82, 2.24) is 9.80 Å². The van der Waals surface area contributed by atoms with E-state index >= 15 is 0 Å². The lowest BCUT2D eigenvalue weighted by molar-refractivity contribution is -0.148. The molecule has 38 heavy (non-hydrogen) atoms. The lowest BCUT2D eigenvalue weighted by Crippen LogP contribution is -2.45. The quantitative estimate of drug-likeness (QED) is 0.267. The Morgan fingerprint density at radius 2 is 1.26 bits per heavy atom. The number of hydrogen-bond acceptors (Lipinski definition) is 8. The van der Waals surface area contributed by atoms with Crippen LogP contribution in [-0.2, 0) is 9.53 Å². The van der Waals surface area contributed by atoms with Gasteiger partial charge in [0.1, 0.15) is 6.04 Å². The van der Waals surface area contributed by atoms with Crippen LogP contribution in [0.2, 0.25) is 0 Å². The second-order valence-electron chi connectivity index (χ2n) is 8.64. The summed E-state index contributed by atoms with van der Waals surface area (Å²) in [5, 5.41) is 18.3. The number of amides is 4. The van der Waals surface area contributed by atoms with Gasteiger partial charge in [-0.2, -0.15) is 0 Å². The number of fused-ring (bicyclic) bond motifs is 2. The molecule has 0 fully saturated rings. The van der Waals surface area contributed by atoms with Crippen molar-refractivity contribution in [3.05, 3.63) is 69.8 Å². The maximum absolute atomic E-state index is 13.0. The first-order valence-electron chi connectivity index (χ1n) is 11.7. The van der Waals surface area contributed by atoms with Gasteiger partial charge < -0.3 is 14.9 Å². The van der Waals surface area contributed by atoms with Crippen LogP contribution in [0, 0.1) is 0 Å². The minimum atomic E-state index is -1.30. The molecule has 0 spiro atoms. The summed E-state index contributed by atoms with van der Waals surface area (Å²) < 4.78 is 5.07. The molecule has 0 saturated heterocycles. The monoisotopic (exact) mass is 522 g/mol. The summed E-state index contributed by atoms with van der Waals surface area (Å²) in [6.45, 7) is 1.53. The molecule has 2 aliphatic heterocycles. The standard InChI is InChI=1S/C26H22N2O10/c1-2-38-26(37)19(28-22(31)16-9-7-14(25(35)36)12-18(16)23(28)32)5-3-4-10-27-20(29)15-8-6-13(24(33)34)11-17(15)21(27)30/h6-9,11-12,19H,2-5,10H2,1H3,(H,33,34)(H,35,36). The van der Waals surface area contributed by atoms with Crippen molar-refractivity contribution in [2.24, 2.45) is 0 Å². The fourth-order valence-electron chi connectivity index (χ4n) is 4.50. The number of benzene rings is 2. The summed E-state index contributed by atoms with van der Waals surface area (Å²) in [6.07, 6.45) is 0.410. The molecule has 2 aromatic rings. The van der Waals surface area contributed by atoms with Crippen molar-refractivity contribution in [1.29, 1.82) is 0 Å². The lowest BCUT2D eigenvalue weighted by atomic mass is 10.1. The maximum Gasteiger partial charge on any atom is 0.335 e. The highest BCUT2D eigenvalue weighted by atomic mass is 16.5. The minimum Gasteiger partial charge on any atom is -0.478 e. The van der Waals surface area contributed by atoms with E-state index in [-0.39, 0.29) is 65.8 Å². The number of carbonyl (C=O) groups excluding carboxylic acids is 5. The Hall–Kier alpha value is -4.87. The summed E-state index contributed by atoms with van der Waals surface area (Å²) >= 11 is 0. The van der Waals surface area contributed by atoms with Gasteiger partial charge in [0.15, 0.2) is 0 Å². The van der Waals surface area contributed by atoms with Crippen LogP contribution in [0.15, 0.2) is 36.4 Å². The van der Waals surface area contributed by atoms with Crippen LogP contribution in [0.5, 0.6) is 0 Å². The van der Waals surface area contributed by atoms with Gasteiger partial charge in [-0.25, -0.2) is 14.4 Å². The van der Waals surface area contributed by atoms with Gasteiger partial charge in [0.05, 0.1) is 40.0 Å². The summed E-state index contributed by atoms with van der Waals surface area (Å²) in [5.74, 6) is -6.11. The van der Waals surface area contributed by atoms with Gasteiger partial charge >= 0.3 is 17.9 Å². The lowest BCUT2D eigenvalue weighted by Gasteiger charge is -2.24. The number of carboxylic acids is 2. The van der Waals surface area contributed by atoms with E-state index < -0.39 is 47.6 Å². The van der Waals surface area contributed by atoms with E-state index in [1.807, 2.05) is 0 Å². The predicted octanol–water partition coefficient (Wildman–Crippen LogP) is 2.08. The number of aromatic carboxylic acids is 2. The molecule has 0 aliphatic carbocycles. The molecule has 0 saturated carbocycles. The second kappa shape index (κ2) is 10.2. The number of unbranched alkanes of at least 4 members (excludes halogenated alkanes) is 1. The van der Waals surface area contributed by atoms with Crippen LogP contribution in [-0.4, -0.2) is 80.7 Å². The molecular weight excluding hydrogens is 500 g/mol. The number of carbonyl (C=O) groups is 7. The van der Waals surface area contributed by atoms with Gasteiger partial charge in [-0.3, -0.25) is 29.0 Å². The van der Waals surface area contributed by atoms with E-state index in [1.54, 1.807) is 6.92 Å². The number of imide groups is 2. The van der Waals surface area contributed by atoms with Crippen LogP contribution >= 0.6 is 0 Å². The van der Waals surface area contributed by atoms with Crippen molar-refractivity contribution in [3.8, 4) is 0 Å². The summed E-state index contributed by atoms with van der Waals surface area (Å²) in [6, 6.07) is 5.87. The third-order valence-corrected chi connectivity index (χ3v) is 6.36. The predicted molar refractivity (Wildman–Crippen MR) is 127 cm³/mol. The van der Waals surface area contributed by atoms with E-state index in [0.717, 1.165) is 21.9 Å². The molecule has 0 aromatic heterocycles. The Morgan fingerprint density at radius 3 is 1.82 bits per heavy atom. The number of ether oxygens (including phenoxy) is 1. The van der Waals surface area contributed by atoms with E-state index in [1.165, 1.54) is 24.3 Å². The van der Waals surface area contributed by atoms with Crippen molar-refractivity contribution >= 4 is 41.5 Å². The molecule has 1 unspecified atom stereocenters. The number of hydrogen-bond donors (Lipinski definition) is 2. The number of rotatable bonds is 10. The van der Waals surface area contributed by atoms with E-state index in [0.29, 0.717) is 0 Å². The van der Waals surface area contributed by atoms with Crippen molar-refractivity contribution in [2.45, 2.75) is 32.2 Å². The van der Waals surface area contributed by atoms with Crippen LogP contribution < -0.4 is 0 Å². The molecule has 12 heteroatoms. The first-order valence-corrected chi connectivity index (χ1v) is 11.7. The second-order valence-corrected chi connectivity index (χ2v) is 8.64. The molecule has 0 radical (unpaired) electrons. The van der Waals surface area contributed by atoms with Crippen LogP contribution in [0.3, 0.4) is 0 Å². The van der Waals surface area contributed by atoms with Crippen LogP contribution in [0.4, 0.5) is 0 Å². The Kier molecular flexibility index (Phi) is 7.06. The molecule has 1 atom stereocenters. The van der Waals surface area contributed by atoms with E-state index in [2.05, 4.69) is 0 Å². The summed E-state index contributed by atoms with van der Waals surface area (Å²) in [4.78, 5) is 88.3. The molecule has 2 heterocycles. The average Bonchev–Trinajstić information content (AvgIpc) is 3.28. The summed E-state index contributed by atoms with van der Waals surface area (Å²) in [5.41, 5.74) is -0.379. The molecule has 2 aliphatic rings. The molecule has 196 valence electrons. The number of carboxylic acid groups (broad SMARTS) is 2. The van der Waals surface area contributed by atoms with Gasteiger partial charge in [-0.15, -0.1) is 0 Å². The fraction of sp³-hybridized carbons (Fsp3) is 0.269. The molecule has 4 amide bonds. The van der Waals surface area contributed by atoms with Gasteiger partial charge in [-0.1, -0.05) is 0 Å². The Morgan fingerprint density at radius 1 is 0.763 bits per heavy atom. The van der Waals surface area contributed by atoms with Gasteiger partial charge in [0.25, 0.3) is 23.6 Å². The molecule has 2 N–H and O–H groups in total. The van der Waals surface area contributed by atoms with Crippen LogP contribution in [0.25, 0.3) is 0 Å². The zero-order valence-corrected chi connectivity index (χ0v) is 20.1. The highest BCUT2D eigenvalue weighted by Gasteiger charge is 2.43. The highest BCUT2D eigenvalue weighted by Crippen LogP contribution is 2.29. The molecular formula is C26H22N2O10. The molecule has 4 rings (SSSR count). The molecule has 0 bridgehead atoms. The minimum absolute atomic E-state index is 0.00492. The highest BCUT2D eigenvalue weighted by molar-refractivity contribution is 6.23. The number of esters is 1. The van der Waals surface area contributed by atoms with Crippen molar-refractivity contribution in [3.63, 3.8) is 0 Å². The fourth-order valence-corrected chi connectivity index (χ4v) is 4.50. The van der Waals surface area contributed by atoms with Gasteiger partial charge in [-0.05, 0) is 62.6 Å². The third-order valence-electron chi connectivity index (χ3n) is 6.36. The van der Waals surface area contributed by atoms with Crippen molar-refractivity contribution in [2.75, 3.05) is 13.2 Å². The topological polar surface area (TPSA) is 176 Å². The maximum atomic E-state index is 13.0. The van der Waals surface area contributed by atoms with Gasteiger partial charge in [0.2, 0.25) is 0 Å². The van der Waals surface area contributed by atoms with Crippen LogP contribution in [0.1, 0.15) is 88.3 Å². The first kappa shape index (κ1) is 26.2. The number of nitrogens with zero attached hydrogens (tertiary/aromatic N) is 2. The average molecular weight is 522 g/mol. The Labute approximate surface area is 215 Å². The smallest absolute Gasteiger partial charge is 0.335 e. The Balaban J connectivity index is 1.46. The first-order chi connectivity index (χ1) is 18.1. The summed E-state index contributed by atoms with van der Waals surface area (Å²) in [7, 11) is 0. The zero-order valence-electron chi connectivity index (χ0n) is 20.1. The zero-order chi connectivity index (χ0) is 27.7. The Bertz CT molecular complexity index is 1410. The SMILES string of the molecule is CCOC(=O)C(CCCCN1C(=O)c2ccc(C(=O)O)cc2C1=O)N1C(=O)c2ccc(C(=O)O)cc2C1=O. The van der Waals surface area contributed by atoms with Gasteiger partial charge in [0, 0.05) is 6.54 Å². The van der Waals surface area contributed by atoms with E-state index in [9.17, 15) is 38.7 Å². The molecule has 12 nitrogen and oxygen atoms in total.